The van der Waals surface area contributed by atoms with Gasteiger partial charge < -0.3 is 5.73 Å². The standard InChI is InChI=1S/C12H14ClN3S/c13-11-4-2-1-3-10(11)9-17-8-7-16-6-5-12(14)15-16/h1-6H,7-9H2,(H2,14,15). The van der Waals surface area contributed by atoms with Crippen LogP contribution in [0.5, 0.6) is 0 Å². The molecule has 1 aromatic heterocycles. The van der Waals surface area contributed by atoms with Crippen molar-refractivity contribution in [3.63, 3.8) is 0 Å². The molecule has 0 bridgehead atoms. The van der Waals surface area contributed by atoms with E-state index in [1.165, 1.54) is 5.56 Å². The number of hydrogen-bond donors (Lipinski definition) is 1. The van der Waals surface area contributed by atoms with Gasteiger partial charge in [-0.25, -0.2) is 0 Å². The third kappa shape index (κ3) is 3.68. The number of anilines is 1. The fourth-order valence-electron chi connectivity index (χ4n) is 1.46. The molecule has 0 atom stereocenters. The van der Waals surface area contributed by atoms with Crippen molar-refractivity contribution in [3.8, 4) is 0 Å². The minimum atomic E-state index is 0.570. The van der Waals surface area contributed by atoms with E-state index in [1.807, 2.05) is 40.8 Å². The Kier molecular flexibility index (Phi) is 4.34. The highest BCUT2D eigenvalue weighted by Gasteiger charge is 1.99. The minimum Gasteiger partial charge on any atom is -0.382 e. The summed E-state index contributed by atoms with van der Waals surface area (Å²) in [7, 11) is 0. The van der Waals surface area contributed by atoms with Crippen LogP contribution >= 0.6 is 23.4 Å². The van der Waals surface area contributed by atoms with E-state index in [2.05, 4.69) is 11.2 Å². The Morgan fingerprint density at radius 1 is 1.29 bits per heavy atom. The molecule has 0 aliphatic rings. The van der Waals surface area contributed by atoms with Crippen LogP contribution < -0.4 is 5.73 Å². The van der Waals surface area contributed by atoms with E-state index in [9.17, 15) is 0 Å². The van der Waals surface area contributed by atoms with E-state index in [0.717, 1.165) is 23.1 Å². The molecule has 3 nitrogen and oxygen atoms in total. The Balaban J connectivity index is 1.75. The quantitative estimate of drug-likeness (QED) is 0.847. The highest BCUT2D eigenvalue weighted by atomic mass is 35.5. The van der Waals surface area contributed by atoms with Gasteiger partial charge in [0.1, 0.15) is 5.82 Å². The third-order valence-electron chi connectivity index (χ3n) is 2.34. The zero-order valence-electron chi connectivity index (χ0n) is 9.34. The Morgan fingerprint density at radius 3 is 2.82 bits per heavy atom. The van der Waals surface area contributed by atoms with Crippen LogP contribution in [0.25, 0.3) is 0 Å². The van der Waals surface area contributed by atoms with E-state index >= 15 is 0 Å². The first-order chi connectivity index (χ1) is 8.25. The van der Waals surface area contributed by atoms with E-state index in [-0.39, 0.29) is 0 Å². The summed E-state index contributed by atoms with van der Waals surface area (Å²) < 4.78 is 1.86. The lowest BCUT2D eigenvalue weighted by atomic mass is 10.2. The maximum Gasteiger partial charge on any atom is 0.145 e. The van der Waals surface area contributed by atoms with Gasteiger partial charge in [0.2, 0.25) is 0 Å². The molecule has 17 heavy (non-hydrogen) atoms. The van der Waals surface area contributed by atoms with Crippen LogP contribution in [0.15, 0.2) is 36.5 Å². The van der Waals surface area contributed by atoms with Crippen molar-refractivity contribution in [2.75, 3.05) is 11.5 Å². The molecule has 0 saturated heterocycles. The monoisotopic (exact) mass is 267 g/mol. The first kappa shape index (κ1) is 12.3. The molecular weight excluding hydrogens is 254 g/mol. The molecule has 2 aromatic rings. The molecule has 0 radical (unpaired) electrons. The van der Waals surface area contributed by atoms with Gasteiger partial charge in [0.05, 0.1) is 6.54 Å². The SMILES string of the molecule is Nc1ccn(CCSCc2ccccc2Cl)n1. The summed E-state index contributed by atoms with van der Waals surface area (Å²) in [4.78, 5) is 0. The van der Waals surface area contributed by atoms with Crippen molar-refractivity contribution in [1.29, 1.82) is 0 Å². The predicted molar refractivity (Wildman–Crippen MR) is 74.3 cm³/mol. The lowest BCUT2D eigenvalue weighted by molar-refractivity contribution is 0.669. The van der Waals surface area contributed by atoms with Crippen LogP contribution in [0.4, 0.5) is 5.82 Å². The molecular formula is C12H14ClN3S. The number of hydrogen-bond acceptors (Lipinski definition) is 3. The van der Waals surface area contributed by atoms with Crippen molar-refractivity contribution < 1.29 is 0 Å². The molecule has 0 aliphatic carbocycles. The summed E-state index contributed by atoms with van der Waals surface area (Å²) in [6.45, 7) is 0.867. The number of aromatic nitrogens is 2. The van der Waals surface area contributed by atoms with Gasteiger partial charge in [0, 0.05) is 22.7 Å². The number of thioether (sulfide) groups is 1. The van der Waals surface area contributed by atoms with E-state index < -0.39 is 0 Å². The summed E-state index contributed by atoms with van der Waals surface area (Å²) in [5.74, 6) is 2.49. The molecule has 0 amide bonds. The average Bonchev–Trinajstić information content (AvgIpc) is 2.73. The largest absolute Gasteiger partial charge is 0.382 e. The second kappa shape index (κ2) is 5.98. The molecule has 5 heteroatoms. The summed E-state index contributed by atoms with van der Waals surface area (Å²) in [5.41, 5.74) is 6.72. The number of halogens is 1. The van der Waals surface area contributed by atoms with Crippen LogP contribution in [0.2, 0.25) is 5.02 Å². The van der Waals surface area contributed by atoms with Gasteiger partial charge in [-0.15, -0.1) is 0 Å². The number of rotatable bonds is 5. The Labute approximate surface area is 110 Å². The molecule has 2 N–H and O–H groups in total. The van der Waals surface area contributed by atoms with Gasteiger partial charge >= 0.3 is 0 Å². The molecule has 0 saturated carbocycles. The lowest BCUT2D eigenvalue weighted by Crippen LogP contribution is -2.02. The Bertz CT molecular complexity index is 484. The number of aryl methyl sites for hydroxylation is 1. The topological polar surface area (TPSA) is 43.8 Å². The Morgan fingerprint density at radius 2 is 2.12 bits per heavy atom. The van der Waals surface area contributed by atoms with Crippen molar-refractivity contribution in [2.45, 2.75) is 12.3 Å². The molecule has 0 spiro atoms. The fourth-order valence-corrected chi connectivity index (χ4v) is 2.67. The first-order valence-corrected chi connectivity index (χ1v) is 6.89. The average molecular weight is 268 g/mol. The smallest absolute Gasteiger partial charge is 0.145 e. The van der Waals surface area contributed by atoms with Crippen molar-refractivity contribution in [3.05, 3.63) is 47.1 Å². The number of benzene rings is 1. The predicted octanol–water partition coefficient (Wildman–Crippen LogP) is 3.05. The molecule has 1 aromatic carbocycles. The van der Waals surface area contributed by atoms with Crippen LogP contribution in [0, 0.1) is 0 Å². The second-order valence-corrected chi connectivity index (χ2v) is 5.16. The number of nitrogen functional groups attached to an aromatic ring is 1. The highest BCUT2D eigenvalue weighted by Crippen LogP contribution is 2.20. The fraction of sp³-hybridized carbons (Fsp3) is 0.250. The van der Waals surface area contributed by atoms with E-state index in [0.29, 0.717) is 5.82 Å². The van der Waals surface area contributed by atoms with Crippen molar-refractivity contribution >= 4 is 29.2 Å². The summed E-state index contributed by atoms with van der Waals surface area (Å²) in [6, 6.07) is 9.74. The molecule has 0 fully saturated rings. The van der Waals surface area contributed by atoms with Gasteiger partial charge in [0.15, 0.2) is 0 Å². The van der Waals surface area contributed by atoms with Crippen LogP contribution in [0.3, 0.4) is 0 Å². The zero-order chi connectivity index (χ0) is 12.1. The van der Waals surface area contributed by atoms with Gasteiger partial charge in [-0.05, 0) is 17.7 Å². The minimum absolute atomic E-state index is 0.570. The van der Waals surface area contributed by atoms with Crippen LogP contribution in [0.1, 0.15) is 5.56 Å². The summed E-state index contributed by atoms with van der Waals surface area (Å²) >= 11 is 7.91. The van der Waals surface area contributed by atoms with Gasteiger partial charge in [-0.2, -0.15) is 16.9 Å². The normalized spacial score (nSPS) is 10.6. The molecule has 1 heterocycles. The molecule has 2 rings (SSSR count). The first-order valence-electron chi connectivity index (χ1n) is 5.36. The molecule has 0 unspecified atom stereocenters. The van der Waals surface area contributed by atoms with Crippen LogP contribution in [-0.2, 0) is 12.3 Å². The zero-order valence-corrected chi connectivity index (χ0v) is 10.9. The van der Waals surface area contributed by atoms with Crippen molar-refractivity contribution in [2.24, 2.45) is 0 Å². The summed E-state index contributed by atoms with van der Waals surface area (Å²) in [5, 5.41) is 4.96. The third-order valence-corrected chi connectivity index (χ3v) is 3.70. The summed E-state index contributed by atoms with van der Waals surface area (Å²) in [6.07, 6.45) is 1.89. The number of nitrogens with two attached hydrogens (primary N) is 1. The lowest BCUT2D eigenvalue weighted by Gasteiger charge is -2.04. The van der Waals surface area contributed by atoms with Gasteiger partial charge in [-0.3, -0.25) is 4.68 Å². The van der Waals surface area contributed by atoms with Crippen molar-refractivity contribution in [1.82, 2.24) is 9.78 Å². The highest BCUT2D eigenvalue weighted by molar-refractivity contribution is 7.98. The number of nitrogens with zero attached hydrogens (tertiary/aromatic N) is 2. The van der Waals surface area contributed by atoms with Gasteiger partial charge in [0.25, 0.3) is 0 Å². The van der Waals surface area contributed by atoms with Gasteiger partial charge in [-0.1, -0.05) is 29.8 Å². The molecule has 0 aliphatic heterocycles. The van der Waals surface area contributed by atoms with E-state index in [4.69, 9.17) is 17.3 Å². The second-order valence-electron chi connectivity index (χ2n) is 3.65. The van der Waals surface area contributed by atoms with E-state index in [1.54, 1.807) is 6.07 Å². The molecule has 90 valence electrons. The van der Waals surface area contributed by atoms with Crippen LogP contribution in [-0.4, -0.2) is 15.5 Å². The maximum atomic E-state index is 6.08. The Hall–Kier alpha value is -1.13. The maximum absolute atomic E-state index is 6.08.